The van der Waals surface area contributed by atoms with Gasteiger partial charge in [0.25, 0.3) is 0 Å². The third kappa shape index (κ3) is 2.31. The third-order valence-electron chi connectivity index (χ3n) is 3.36. The first-order valence-electron chi connectivity index (χ1n) is 6.11. The second-order valence-electron chi connectivity index (χ2n) is 4.65. The molecule has 0 amide bonds. The Morgan fingerprint density at radius 2 is 1.95 bits per heavy atom. The van der Waals surface area contributed by atoms with Gasteiger partial charge in [-0.2, -0.15) is 0 Å². The predicted molar refractivity (Wildman–Crippen MR) is 72.8 cm³/mol. The molecule has 2 aromatic rings. The van der Waals surface area contributed by atoms with Gasteiger partial charge in [-0.3, -0.25) is 0 Å². The van der Waals surface area contributed by atoms with Gasteiger partial charge in [0.2, 0.25) is 0 Å². The van der Waals surface area contributed by atoms with Crippen LogP contribution in [-0.4, -0.2) is 0 Å². The van der Waals surface area contributed by atoms with E-state index in [4.69, 9.17) is 22.1 Å². The maximum absolute atomic E-state index is 13.2. The molecule has 2 nitrogen and oxygen atoms in total. The second-order valence-corrected chi connectivity index (χ2v) is 5.06. The molecule has 1 heterocycles. The predicted octanol–water partition coefficient (Wildman–Crippen LogP) is 4.00. The lowest BCUT2D eigenvalue weighted by Crippen LogP contribution is -2.24. The van der Waals surface area contributed by atoms with Crippen molar-refractivity contribution in [3.8, 4) is 5.75 Å². The highest BCUT2D eigenvalue weighted by Crippen LogP contribution is 2.41. The van der Waals surface area contributed by atoms with E-state index in [1.807, 2.05) is 24.3 Å². The van der Waals surface area contributed by atoms with Crippen LogP contribution in [0, 0.1) is 5.82 Å². The fourth-order valence-electron chi connectivity index (χ4n) is 2.40. The van der Waals surface area contributed by atoms with E-state index in [0.717, 1.165) is 5.56 Å². The smallest absolute Gasteiger partial charge is 0.127 e. The van der Waals surface area contributed by atoms with Crippen LogP contribution in [0.5, 0.6) is 5.75 Å². The zero-order valence-corrected chi connectivity index (χ0v) is 10.9. The first kappa shape index (κ1) is 12.5. The summed E-state index contributed by atoms with van der Waals surface area (Å²) in [4.78, 5) is 0. The summed E-state index contributed by atoms with van der Waals surface area (Å²) in [6.07, 6.45) is 0.391. The molecule has 3 rings (SSSR count). The van der Waals surface area contributed by atoms with E-state index >= 15 is 0 Å². The molecular formula is C15H13ClFNO. The fourth-order valence-corrected chi connectivity index (χ4v) is 2.66. The molecule has 4 heteroatoms. The highest BCUT2D eigenvalue weighted by Gasteiger charge is 2.28. The summed E-state index contributed by atoms with van der Waals surface area (Å²) >= 11 is 6.18. The number of hydrogen-bond donors (Lipinski definition) is 1. The number of rotatable bonds is 1. The van der Waals surface area contributed by atoms with E-state index < -0.39 is 0 Å². The van der Waals surface area contributed by atoms with Crippen molar-refractivity contribution in [2.75, 3.05) is 0 Å². The van der Waals surface area contributed by atoms with Crippen molar-refractivity contribution in [3.63, 3.8) is 0 Å². The summed E-state index contributed by atoms with van der Waals surface area (Å²) in [6, 6.07) is 11.7. The summed E-state index contributed by atoms with van der Waals surface area (Å²) in [5, 5.41) is 0.658. The molecular weight excluding hydrogens is 265 g/mol. The van der Waals surface area contributed by atoms with Gasteiger partial charge < -0.3 is 10.5 Å². The molecule has 2 atom stereocenters. The first-order chi connectivity index (χ1) is 9.15. The lowest BCUT2D eigenvalue weighted by Gasteiger charge is -2.31. The van der Waals surface area contributed by atoms with Gasteiger partial charge in [0.1, 0.15) is 17.7 Å². The van der Waals surface area contributed by atoms with Gasteiger partial charge >= 0.3 is 0 Å². The first-order valence-corrected chi connectivity index (χ1v) is 6.49. The van der Waals surface area contributed by atoms with Gasteiger partial charge in [-0.25, -0.2) is 4.39 Å². The van der Waals surface area contributed by atoms with Crippen molar-refractivity contribution in [3.05, 3.63) is 64.4 Å². The van der Waals surface area contributed by atoms with Crippen LogP contribution in [0.3, 0.4) is 0 Å². The number of nitrogens with two attached hydrogens (primary N) is 1. The van der Waals surface area contributed by atoms with E-state index in [-0.39, 0.29) is 18.0 Å². The summed E-state index contributed by atoms with van der Waals surface area (Å²) in [5.41, 5.74) is 7.73. The van der Waals surface area contributed by atoms with Gasteiger partial charge in [0.15, 0.2) is 0 Å². The summed E-state index contributed by atoms with van der Waals surface area (Å²) in [6.45, 7) is 0. The summed E-state index contributed by atoms with van der Waals surface area (Å²) < 4.78 is 19.1. The molecule has 1 aliphatic heterocycles. The normalized spacial score (nSPS) is 21.6. The Bertz CT molecular complexity index is 617. The molecule has 0 fully saturated rings. The third-order valence-corrected chi connectivity index (χ3v) is 3.70. The number of benzene rings is 2. The molecule has 19 heavy (non-hydrogen) atoms. The Hall–Kier alpha value is -1.58. The highest BCUT2D eigenvalue weighted by molar-refractivity contribution is 6.31. The molecule has 1 unspecified atom stereocenters. The SMILES string of the molecule is N[C@H]1CC(c2ccccc2Cl)Oc2ccc(F)cc21. The maximum atomic E-state index is 13.2. The Labute approximate surface area is 115 Å². The number of ether oxygens (including phenoxy) is 1. The molecule has 0 bridgehead atoms. The van der Waals surface area contributed by atoms with Gasteiger partial charge in [-0.05, 0) is 24.3 Å². The van der Waals surface area contributed by atoms with Crippen LogP contribution in [0.1, 0.15) is 29.7 Å². The van der Waals surface area contributed by atoms with Crippen molar-refractivity contribution < 1.29 is 9.13 Å². The number of hydrogen-bond acceptors (Lipinski definition) is 2. The van der Waals surface area contributed by atoms with Crippen LogP contribution in [0.2, 0.25) is 5.02 Å². The van der Waals surface area contributed by atoms with Crippen molar-refractivity contribution in [1.29, 1.82) is 0 Å². The summed E-state index contributed by atoms with van der Waals surface area (Å²) in [5.74, 6) is 0.332. The minimum atomic E-state index is -0.297. The Kier molecular flexibility index (Phi) is 3.17. The second kappa shape index (κ2) is 4.83. The zero-order chi connectivity index (χ0) is 13.4. The van der Waals surface area contributed by atoms with Crippen LogP contribution in [-0.2, 0) is 0 Å². The van der Waals surface area contributed by atoms with Gasteiger partial charge in [-0.1, -0.05) is 29.8 Å². The van der Waals surface area contributed by atoms with Gasteiger partial charge in [0, 0.05) is 28.6 Å². The molecule has 0 saturated heterocycles. The molecule has 98 valence electrons. The summed E-state index contributed by atoms with van der Waals surface area (Å²) in [7, 11) is 0. The lowest BCUT2D eigenvalue weighted by molar-refractivity contribution is 0.161. The highest BCUT2D eigenvalue weighted by atomic mass is 35.5. The van der Waals surface area contributed by atoms with E-state index in [2.05, 4.69) is 0 Å². The molecule has 0 radical (unpaired) electrons. The standard InChI is InChI=1S/C15H13ClFNO/c16-12-4-2-1-3-10(12)15-8-13(18)11-7-9(17)5-6-14(11)19-15/h1-7,13,15H,8,18H2/t13-,15?/m0/s1. The molecule has 0 aromatic heterocycles. The average Bonchev–Trinajstić information content (AvgIpc) is 2.40. The van der Waals surface area contributed by atoms with Crippen molar-refractivity contribution in [1.82, 2.24) is 0 Å². The minimum absolute atomic E-state index is 0.193. The van der Waals surface area contributed by atoms with Crippen molar-refractivity contribution >= 4 is 11.6 Å². The Morgan fingerprint density at radius 1 is 1.16 bits per heavy atom. The van der Waals surface area contributed by atoms with Crippen LogP contribution in [0.25, 0.3) is 0 Å². The minimum Gasteiger partial charge on any atom is -0.485 e. The largest absolute Gasteiger partial charge is 0.485 e. The van der Waals surface area contributed by atoms with Crippen LogP contribution >= 0.6 is 11.6 Å². The molecule has 1 aliphatic rings. The molecule has 0 aliphatic carbocycles. The average molecular weight is 278 g/mol. The van der Waals surface area contributed by atoms with E-state index in [1.165, 1.54) is 12.1 Å². The monoisotopic (exact) mass is 277 g/mol. The van der Waals surface area contributed by atoms with E-state index in [0.29, 0.717) is 22.8 Å². The Balaban J connectivity index is 1.97. The van der Waals surface area contributed by atoms with Gasteiger partial charge in [-0.15, -0.1) is 0 Å². The number of halogens is 2. The number of fused-ring (bicyclic) bond motifs is 1. The van der Waals surface area contributed by atoms with Gasteiger partial charge in [0.05, 0.1) is 0 Å². The fraction of sp³-hybridized carbons (Fsp3) is 0.200. The van der Waals surface area contributed by atoms with Crippen LogP contribution < -0.4 is 10.5 Å². The van der Waals surface area contributed by atoms with E-state index in [9.17, 15) is 4.39 Å². The van der Waals surface area contributed by atoms with Crippen LogP contribution in [0.15, 0.2) is 42.5 Å². The zero-order valence-electron chi connectivity index (χ0n) is 10.1. The quantitative estimate of drug-likeness (QED) is 0.855. The maximum Gasteiger partial charge on any atom is 0.127 e. The van der Waals surface area contributed by atoms with Crippen molar-refractivity contribution in [2.45, 2.75) is 18.6 Å². The molecule has 0 spiro atoms. The Morgan fingerprint density at radius 3 is 2.74 bits per heavy atom. The molecule has 0 saturated carbocycles. The topological polar surface area (TPSA) is 35.2 Å². The lowest BCUT2D eigenvalue weighted by atomic mass is 9.93. The van der Waals surface area contributed by atoms with Crippen LogP contribution in [0.4, 0.5) is 4.39 Å². The van der Waals surface area contributed by atoms with Crippen molar-refractivity contribution in [2.24, 2.45) is 5.73 Å². The van der Waals surface area contributed by atoms with E-state index in [1.54, 1.807) is 6.07 Å². The molecule has 2 aromatic carbocycles. The molecule has 2 N–H and O–H groups in total.